The third-order valence-corrected chi connectivity index (χ3v) is 6.65. The van der Waals surface area contributed by atoms with E-state index >= 15 is 0 Å². The second-order valence-corrected chi connectivity index (χ2v) is 8.38. The lowest BCUT2D eigenvalue weighted by Gasteiger charge is -2.36. The highest BCUT2D eigenvalue weighted by atomic mass is 32.1. The summed E-state index contributed by atoms with van der Waals surface area (Å²) in [4.78, 5) is 23.9. The van der Waals surface area contributed by atoms with Crippen molar-refractivity contribution in [2.45, 2.75) is 26.3 Å². The molecule has 0 N–H and O–H groups in total. The van der Waals surface area contributed by atoms with E-state index in [0.29, 0.717) is 6.54 Å². The predicted octanol–water partition coefficient (Wildman–Crippen LogP) is 1.82. The van der Waals surface area contributed by atoms with Gasteiger partial charge in [-0.1, -0.05) is 6.92 Å². The minimum Gasteiger partial charge on any atom is -0.493 e. The molecule has 0 saturated carbocycles. The Labute approximate surface area is 181 Å². The third-order valence-electron chi connectivity index (χ3n) is 5.83. The van der Waals surface area contributed by atoms with Crippen molar-refractivity contribution in [3.63, 3.8) is 0 Å². The fourth-order valence-electron chi connectivity index (χ4n) is 4.03. The number of aryl methyl sites for hydroxylation is 1. The van der Waals surface area contributed by atoms with E-state index in [9.17, 15) is 4.79 Å². The lowest BCUT2D eigenvalue weighted by Crippen LogP contribution is -2.51. The predicted molar refractivity (Wildman–Crippen MR) is 117 cm³/mol. The smallest absolute Gasteiger partial charge is 0.236 e. The molecular weight excluding hydrogens is 402 g/mol. The van der Waals surface area contributed by atoms with Crippen LogP contribution in [0.2, 0.25) is 0 Å². The van der Waals surface area contributed by atoms with Gasteiger partial charge in [-0.25, -0.2) is 4.98 Å². The number of ether oxygens (including phenoxy) is 2. The molecule has 9 heteroatoms. The first-order valence-corrected chi connectivity index (χ1v) is 11.2. The van der Waals surface area contributed by atoms with E-state index in [1.165, 1.54) is 22.7 Å². The van der Waals surface area contributed by atoms with Gasteiger partial charge in [0.15, 0.2) is 11.5 Å². The molecule has 0 spiro atoms. The molecule has 30 heavy (non-hydrogen) atoms. The first-order chi connectivity index (χ1) is 14.6. The fraction of sp³-hybridized carbons (Fsp3) is 0.571. The number of carbonyl (C=O) groups excluding carboxylic acids is 1. The van der Waals surface area contributed by atoms with Crippen molar-refractivity contribution >= 4 is 22.6 Å². The number of rotatable bonds is 6. The molecular formula is C21H29N5O3S. The summed E-state index contributed by atoms with van der Waals surface area (Å²) in [5, 5.41) is 0.968. The van der Waals surface area contributed by atoms with Crippen LogP contribution >= 0.6 is 11.5 Å². The van der Waals surface area contributed by atoms with Crippen LogP contribution in [0, 0.1) is 0 Å². The van der Waals surface area contributed by atoms with E-state index in [1.54, 1.807) is 14.2 Å². The molecule has 8 nitrogen and oxygen atoms in total. The number of amides is 1. The van der Waals surface area contributed by atoms with Gasteiger partial charge in [-0.05, 0) is 29.7 Å². The molecule has 0 atom stereocenters. The Hall–Kier alpha value is -2.39. The number of anilines is 1. The Morgan fingerprint density at radius 3 is 2.40 bits per heavy atom. The van der Waals surface area contributed by atoms with Gasteiger partial charge in [-0.3, -0.25) is 9.69 Å². The van der Waals surface area contributed by atoms with E-state index in [1.807, 2.05) is 11.0 Å². The number of nitrogens with zero attached hydrogens (tertiary/aromatic N) is 5. The average Bonchev–Trinajstić information content (AvgIpc) is 3.27. The molecule has 4 rings (SSSR count). The van der Waals surface area contributed by atoms with Crippen molar-refractivity contribution in [1.82, 2.24) is 19.2 Å². The summed E-state index contributed by atoms with van der Waals surface area (Å²) in [6.07, 6.45) is 1.76. The van der Waals surface area contributed by atoms with Gasteiger partial charge < -0.3 is 19.3 Å². The maximum absolute atomic E-state index is 12.9. The number of aromatic nitrogens is 2. The number of carbonyl (C=O) groups is 1. The van der Waals surface area contributed by atoms with E-state index in [4.69, 9.17) is 9.47 Å². The molecule has 3 heterocycles. The van der Waals surface area contributed by atoms with Crippen LogP contribution in [0.25, 0.3) is 0 Å². The number of piperazine rings is 1. The molecule has 1 saturated heterocycles. The Morgan fingerprint density at radius 1 is 1.07 bits per heavy atom. The largest absolute Gasteiger partial charge is 0.493 e. The first kappa shape index (κ1) is 20.9. The van der Waals surface area contributed by atoms with Crippen LogP contribution in [-0.2, 0) is 24.2 Å². The van der Waals surface area contributed by atoms with Crippen molar-refractivity contribution < 1.29 is 14.3 Å². The van der Waals surface area contributed by atoms with Gasteiger partial charge in [0.25, 0.3) is 0 Å². The van der Waals surface area contributed by atoms with Crippen LogP contribution in [0.1, 0.15) is 23.9 Å². The van der Waals surface area contributed by atoms with Crippen molar-refractivity contribution in [2.24, 2.45) is 0 Å². The first-order valence-electron chi connectivity index (χ1n) is 10.4. The molecule has 2 aromatic rings. The van der Waals surface area contributed by atoms with Crippen LogP contribution in [-0.4, -0.2) is 78.6 Å². The molecule has 162 valence electrons. The lowest BCUT2D eigenvalue weighted by molar-refractivity contribution is -0.132. The summed E-state index contributed by atoms with van der Waals surface area (Å²) in [6.45, 7) is 7.23. The summed E-state index contributed by atoms with van der Waals surface area (Å²) in [5.41, 5.74) is 2.48. The highest BCUT2D eigenvalue weighted by Gasteiger charge is 2.26. The number of methoxy groups -OCH3 is 2. The SMILES string of the molecule is CCc1nsc(N2CCN(C(=O)CN3CCc4cc(OC)c(OC)cc4C3)CC2)n1. The molecule has 1 fully saturated rings. The second kappa shape index (κ2) is 9.18. The van der Waals surface area contributed by atoms with Crippen molar-refractivity contribution in [3.05, 3.63) is 29.1 Å². The van der Waals surface area contributed by atoms with Crippen molar-refractivity contribution in [3.8, 4) is 11.5 Å². The minimum atomic E-state index is 0.199. The van der Waals surface area contributed by atoms with Crippen LogP contribution in [0.15, 0.2) is 12.1 Å². The van der Waals surface area contributed by atoms with Crippen LogP contribution in [0.4, 0.5) is 5.13 Å². The summed E-state index contributed by atoms with van der Waals surface area (Å²) >= 11 is 1.45. The quantitative estimate of drug-likeness (QED) is 0.691. The van der Waals surface area contributed by atoms with Crippen molar-refractivity contribution in [1.29, 1.82) is 0 Å². The molecule has 2 aliphatic heterocycles. The van der Waals surface area contributed by atoms with E-state index in [2.05, 4.69) is 32.1 Å². The molecule has 1 amide bonds. The Bertz CT molecular complexity index is 895. The van der Waals surface area contributed by atoms with Crippen molar-refractivity contribution in [2.75, 3.05) is 58.4 Å². The third kappa shape index (κ3) is 4.37. The number of hydrogen-bond acceptors (Lipinski definition) is 8. The summed E-state index contributed by atoms with van der Waals surface area (Å²) < 4.78 is 15.2. The van der Waals surface area contributed by atoms with E-state index in [0.717, 1.165) is 74.6 Å². The molecule has 1 aromatic heterocycles. The standard InChI is InChI=1S/C21H29N5O3S/c1-4-19-22-21(30-23-19)26-9-7-25(8-10-26)20(27)14-24-6-5-15-11-17(28-2)18(29-3)12-16(15)13-24/h11-12H,4-10,13-14H2,1-3H3. The maximum atomic E-state index is 12.9. The van der Waals surface area contributed by atoms with Gasteiger partial charge >= 0.3 is 0 Å². The van der Waals surface area contributed by atoms with Gasteiger partial charge in [0, 0.05) is 57.2 Å². The zero-order valence-electron chi connectivity index (χ0n) is 17.9. The van der Waals surface area contributed by atoms with E-state index in [-0.39, 0.29) is 5.91 Å². The number of fused-ring (bicyclic) bond motifs is 1. The zero-order chi connectivity index (χ0) is 21.1. The van der Waals surface area contributed by atoms with Gasteiger partial charge in [0.1, 0.15) is 5.82 Å². The Kier molecular flexibility index (Phi) is 6.38. The topological polar surface area (TPSA) is 71.0 Å². The van der Waals surface area contributed by atoms with Crippen LogP contribution in [0.3, 0.4) is 0 Å². The monoisotopic (exact) mass is 431 g/mol. The summed E-state index contributed by atoms with van der Waals surface area (Å²) in [7, 11) is 3.31. The number of benzene rings is 1. The molecule has 0 bridgehead atoms. The van der Waals surface area contributed by atoms with E-state index < -0.39 is 0 Å². The van der Waals surface area contributed by atoms with Gasteiger partial charge in [-0.15, -0.1) is 0 Å². The molecule has 0 aliphatic carbocycles. The number of hydrogen-bond donors (Lipinski definition) is 0. The molecule has 0 unspecified atom stereocenters. The lowest BCUT2D eigenvalue weighted by atomic mass is 9.98. The van der Waals surface area contributed by atoms with Gasteiger partial charge in [-0.2, -0.15) is 4.37 Å². The molecule has 0 radical (unpaired) electrons. The normalized spacial score (nSPS) is 17.0. The Morgan fingerprint density at radius 2 is 1.77 bits per heavy atom. The maximum Gasteiger partial charge on any atom is 0.236 e. The highest BCUT2D eigenvalue weighted by molar-refractivity contribution is 7.09. The van der Waals surface area contributed by atoms with Crippen LogP contribution < -0.4 is 14.4 Å². The molecule has 2 aliphatic rings. The minimum absolute atomic E-state index is 0.199. The highest BCUT2D eigenvalue weighted by Crippen LogP contribution is 2.33. The molecule has 1 aromatic carbocycles. The summed E-state index contributed by atoms with van der Waals surface area (Å²) in [6, 6.07) is 4.10. The second-order valence-electron chi connectivity index (χ2n) is 7.65. The average molecular weight is 432 g/mol. The summed E-state index contributed by atoms with van der Waals surface area (Å²) in [5.74, 6) is 2.60. The Balaban J connectivity index is 1.32. The van der Waals surface area contributed by atoms with Gasteiger partial charge in [0.05, 0.1) is 20.8 Å². The van der Waals surface area contributed by atoms with Gasteiger partial charge in [0.2, 0.25) is 11.0 Å². The van der Waals surface area contributed by atoms with Crippen LogP contribution in [0.5, 0.6) is 11.5 Å². The fourth-order valence-corrected chi connectivity index (χ4v) is 4.83. The zero-order valence-corrected chi connectivity index (χ0v) is 18.7.